The number of nitrogens with one attached hydrogen (secondary N) is 1. The maximum Gasteiger partial charge on any atom is 0.189 e. The minimum atomic E-state index is 0.210. The summed E-state index contributed by atoms with van der Waals surface area (Å²) in [5.74, 6) is 0.210. The largest absolute Gasteiger partial charge is 0.507 e. The maximum atomic E-state index is 9.60. The lowest BCUT2D eigenvalue weighted by atomic mass is 10.1. The molecule has 5 heteroatoms. The SMILES string of the molecule is C/C(=N\NC(=S)N(C)C)c1ccccc1O. The smallest absolute Gasteiger partial charge is 0.189 e. The lowest BCUT2D eigenvalue weighted by molar-refractivity contribution is 0.474. The molecule has 2 N–H and O–H groups in total. The number of phenolic OH excluding ortho intramolecular Hbond substituents is 1. The highest BCUT2D eigenvalue weighted by molar-refractivity contribution is 7.80. The topological polar surface area (TPSA) is 47.9 Å². The van der Waals surface area contributed by atoms with Crippen LogP contribution < -0.4 is 5.43 Å². The van der Waals surface area contributed by atoms with E-state index in [4.69, 9.17) is 12.2 Å². The molecule has 1 rings (SSSR count). The van der Waals surface area contributed by atoms with Gasteiger partial charge in [0.2, 0.25) is 0 Å². The van der Waals surface area contributed by atoms with E-state index in [-0.39, 0.29) is 5.75 Å². The van der Waals surface area contributed by atoms with Crippen molar-refractivity contribution >= 4 is 23.0 Å². The Kier molecular flexibility index (Phi) is 4.25. The highest BCUT2D eigenvalue weighted by atomic mass is 32.1. The average Bonchev–Trinajstić information content (AvgIpc) is 2.25. The second-order valence-corrected chi connectivity index (χ2v) is 3.91. The standard InChI is InChI=1S/C11H15N3OS/c1-8(12-13-11(16)14(2)3)9-6-4-5-7-10(9)15/h4-7,15H,1-3H3,(H,13,16)/b12-8+. The predicted octanol–water partition coefficient (Wildman–Crippen LogP) is 1.55. The first kappa shape index (κ1) is 12.4. The molecule has 0 radical (unpaired) electrons. The first-order chi connectivity index (χ1) is 7.52. The molecule has 0 saturated heterocycles. The first-order valence-corrected chi connectivity index (χ1v) is 5.23. The molecule has 16 heavy (non-hydrogen) atoms. The van der Waals surface area contributed by atoms with E-state index in [0.717, 1.165) is 0 Å². The fourth-order valence-corrected chi connectivity index (χ4v) is 1.12. The Morgan fingerprint density at radius 3 is 2.56 bits per heavy atom. The van der Waals surface area contributed by atoms with Gasteiger partial charge in [-0.15, -0.1) is 0 Å². The van der Waals surface area contributed by atoms with Gasteiger partial charge in [0.15, 0.2) is 5.11 Å². The van der Waals surface area contributed by atoms with Gasteiger partial charge in [-0.25, -0.2) is 0 Å². The fraction of sp³-hybridized carbons (Fsp3) is 0.273. The molecule has 1 aromatic carbocycles. The van der Waals surface area contributed by atoms with Crippen LogP contribution in [0, 0.1) is 0 Å². The monoisotopic (exact) mass is 237 g/mol. The molecule has 1 aromatic rings. The molecule has 0 bridgehead atoms. The fourth-order valence-electron chi connectivity index (χ4n) is 1.07. The summed E-state index contributed by atoms with van der Waals surface area (Å²) in [4.78, 5) is 1.75. The summed E-state index contributed by atoms with van der Waals surface area (Å²) in [5, 5.41) is 14.2. The van der Waals surface area contributed by atoms with Crippen molar-refractivity contribution in [2.24, 2.45) is 5.10 Å². The third kappa shape index (κ3) is 3.20. The van der Waals surface area contributed by atoms with Crippen LogP contribution in [-0.4, -0.2) is 34.9 Å². The second-order valence-electron chi connectivity index (χ2n) is 3.53. The van der Waals surface area contributed by atoms with E-state index in [2.05, 4.69) is 10.5 Å². The zero-order chi connectivity index (χ0) is 12.1. The summed E-state index contributed by atoms with van der Waals surface area (Å²) in [6, 6.07) is 7.04. The van der Waals surface area contributed by atoms with E-state index in [9.17, 15) is 5.11 Å². The summed E-state index contributed by atoms with van der Waals surface area (Å²) < 4.78 is 0. The lowest BCUT2D eigenvalue weighted by Crippen LogP contribution is -2.31. The van der Waals surface area contributed by atoms with E-state index in [1.54, 1.807) is 30.0 Å². The van der Waals surface area contributed by atoms with Crippen molar-refractivity contribution in [2.75, 3.05) is 14.1 Å². The van der Waals surface area contributed by atoms with Gasteiger partial charge in [0.25, 0.3) is 0 Å². The van der Waals surface area contributed by atoms with Crippen LogP contribution in [-0.2, 0) is 0 Å². The molecule has 0 saturated carbocycles. The van der Waals surface area contributed by atoms with Crippen LogP contribution in [0.3, 0.4) is 0 Å². The molecule has 4 nitrogen and oxygen atoms in total. The van der Waals surface area contributed by atoms with Gasteiger partial charge in [0.05, 0.1) is 5.71 Å². The van der Waals surface area contributed by atoms with Crippen LogP contribution in [0.25, 0.3) is 0 Å². The van der Waals surface area contributed by atoms with Crippen molar-refractivity contribution in [3.8, 4) is 5.75 Å². The molecule has 0 aromatic heterocycles. The van der Waals surface area contributed by atoms with Gasteiger partial charge in [-0.05, 0) is 31.3 Å². The molecular formula is C11H15N3OS. The van der Waals surface area contributed by atoms with Crippen LogP contribution in [0.2, 0.25) is 0 Å². The molecule has 0 heterocycles. The quantitative estimate of drug-likeness (QED) is 0.465. The van der Waals surface area contributed by atoms with Gasteiger partial charge in [0.1, 0.15) is 5.75 Å². The van der Waals surface area contributed by atoms with Gasteiger partial charge >= 0.3 is 0 Å². The zero-order valence-corrected chi connectivity index (χ0v) is 10.4. The molecule has 86 valence electrons. The Hall–Kier alpha value is -1.62. The lowest BCUT2D eigenvalue weighted by Gasteiger charge is -2.12. The van der Waals surface area contributed by atoms with Crippen molar-refractivity contribution < 1.29 is 5.11 Å². The molecule has 0 fully saturated rings. The Labute approximate surface area is 101 Å². The number of nitrogens with zero attached hydrogens (tertiary/aromatic N) is 2. The number of thiocarbonyl (C=S) groups is 1. The Morgan fingerprint density at radius 1 is 1.38 bits per heavy atom. The summed E-state index contributed by atoms with van der Waals surface area (Å²) in [6.45, 7) is 1.81. The summed E-state index contributed by atoms with van der Waals surface area (Å²) in [7, 11) is 3.67. The third-order valence-corrected chi connectivity index (χ3v) is 2.48. The predicted molar refractivity (Wildman–Crippen MR) is 69.7 cm³/mol. The second kappa shape index (κ2) is 5.46. The molecule has 0 amide bonds. The molecule has 0 spiro atoms. The number of para-hydroxylation sites is 1. The highest BCUT2D eigenvalue weighted by Crippen LogP contribution is 2.15. The van der Waals surface area contributed by atoms with E-state index < -0.39 is 0 Å². The normalized spacial score (nSPS) is 11.1. The number of rotatable bonds is 2. The summed E-state index contributed by atoms with van der Waals surface area (Å²) in [6.07, 6.45) is 0. The number of phenols is 1. The van der Waals surface area contributed by atoms with Crippen molar-refractivity contribution in [2.45, 2.75) is 6.92 Å². The van der Waals surface area contributed by atoms with E-state index in [1.807, 2.05) is 20.2 Å². The maximum absolute atomic E-state index is 9.60. The van der Waals surface area contributed by atoms with Crippen molar-refractivity contribution in [3.63, 3.8) is 0 Å². The summed E-state index contributed by atoms with van der Waals surface area (Å²) in [5.41, 5.74) is 4.12. The molecule has 0 unspecified atom stereocenters. The molecule has 0 aliphatic rings. The van der Waals surface area contributed by atoms with Crippen molar-refractivity contribution in [3.05, 3.63) is 29.8 Å². The van der Waals surface area contributed by atoms with Gasteiger partial charge in [0, 0.05) is 19.7 Å². The van der Waals surface area contributed by atoms with Crippen LogP contribution in [0.4, 0.5) is 0 Å². The van der Waals surface area contributed by atoms with E-state index in [0.29, 0.717) is 16.4 Å². The van der Waals surface area contributed by atoms with Gasteiger partial charge in [-0.3, -0.25) is 5.43 Å². The number of aromatic hydroxyl groups is 1. The Balaban J connectivity index is 2.79. The number of hydrazone groups is 1. The molecular weight excluding hydrogens is 222 g/mol. The van der Waals surface area contributed by atoms with Gasteiger partial charge in [-0.1, -0.05) is 12.1 Å². The number of benzene rings is 1. The van der Waals surface area contributed by atoms with Crippen molar-refractivity contribution in [1.82, 2.24) is 10.3 Å². The minimum Gasteiger partial charge on any atom is -0.507 e. The molecule has 0 aliphatic heterocycles. The number of hydrogen-bond acceptors (Lipinski definition) is 3. The summed E-state index contributed by atoms with van der Waals surface area (Å²) >= 11 is 5.02. The van der Waals surface area contributed by atoms with Crippen molar-refractivity contribution in [1.29, 1.82) is 0 Å². The van der Waals surface area contributed by atoms with Crippen LogP contribution in [0.15, 0.2) is 29.4 Å². The Morgan fingerprint density at radius 2 is 2.00 bits per heavy atom. The number of hydrogen-bond donors (Lipinski definition) is 2. The van der Waals surface area contributed by atoms with Crippen LogP contribution >= 0.6 is 12.2 Å². The van der Waals surface area contributed by atoms with Gasteiger partial charge in [-0.2, -0.15) is 5.10 Å². The minimum absolute atomic E-state index is 0.210. The molecule has 0 aliphatic carbocycles. The molecule has 0 atom stereocenters. The van der Waals surface area contributed by atoms with E-state index >= 15 is 0 Å². The van der Waals surface area contributed by atoms with E-state index in [1.165, 1.54) is 0 Å². The Bertz CT molecular complexity index is 415. The zero-order valence-electron chi connectivity index (χ0n) is 9.56. The first-order valence-electron chi connectivity index (χ1n) is 4.82. The highest BCUT2D eigenvalue weighted by Gasteiger charge is 2.03. The van der Waals surface area contributed by atoms with Gasteiger partial charge < -0.3 is 10.0 Å². The third-order valence-electron chi connectivity index (χ3n) is 2.02. The van der Waals surface area contributed by atoms with Crippen LogP contribution in [0.5, 0.6) is 5.75 Å². The van der Waals surface area contributed by atoms with Crippen LogP contribution in [0.1, 0.15) is 12.5 Å². The average molecular weight is 237 g/mol.